The Hall–Kier alpha value is -3.87. The predicted molar refractivity (Wildman–Crippen MR) is 225 cm³/mol. The third-order valence-corrected chi connectivity index (χ3v) is 20.7. The molecule has 0 unspecified atom stereocenters. The molecule has 278 valence electrons. The minimum absolute atomic E-state index is 0.0667. The van der Waals surface area contributed by atoms with E-state index in [1.807, 2.05) is 24.3 Å². The van der Waals surface area contributed by atoms with Crippen LogP contribution in [-0.4, -0.2) is 66.4 Å². The van der Waals surface area contributed by atoms with Crippen molar-refractivity contribution in [2.24, 2.45) is 0 Å². The monoisotopic (exact) mass is 756 g/mol. The second-order valence-electron chi connectivity index (χ2n) is 14.2. The van der Waals surface area contributed by atoms with E-state index in [1.165, 1.54) is 32.9 Å². The highest BCUT2D eigenvalue weighted by molar-refractivity contribution is 7.35. The van der Waals surface area contributed by atoms with Crippen LogP contribution < -0.4 is 20.7 Å². The fourth-order valence-corrected chi connectivity index (χ4v) is 14.4. The van der Waals surface area contributed by atoms with Gasteiger partial charge in [-0.25, -0.2) is 4.98 Å². The van der Waals surface area contributed by atoms with Gasteiger partial charge in [-0.05, 0) is 30.8 Å². The largest absolute Gasteiger partial charge is 0.404 e. The molecule has 0 bridgehead atoms. The Morgan fingerprint density at radius 2 is 1.06 bits per heavy atom. The average Bonchev–Trinajstić information content (AvgIpc) is 3.76. The summed E-state index contributed by atoms with van der Waals surface area (Å²) in [5.41, 5.74) is 0. The molecule has 2 atom stereocenters. The highest BCUT2D eigenvalue weighted by Gasteiger charge is 2.50. The van der Waals surface area contributed by atoms with Gasteiger partial charge in [-0.3, -0.25) is 0 Å². The molecule has 0 radical (unpaired) electrons. The summed E-state index contributed by atoms with van der Waals surface area (Å²) in [5, 5.41) is 31.3. The van der Waals surface area contributed by atoms with Crippen LogP contribution in [0.25, 0.3) is 0 Å². The molecule has 0 fully saturated rings. The molecule has 0 aliphatic rings. The molecule has 0 saturated heterocycles. The number of imidazole rings is 1. The molecular weight excluding hydrogens is 700 g/mol. The molecule has 4 N–H and O–H groups in total. The van der Waals surface area contributed by atoms with Gasteiger partial charge in [0.25, 0.3) is 8.32 Å². The number of aliphatic hydroxyl groups excluding tert-OH is 3. The maximum Gasteiger partial charge on any atom is 0.261 e. The topological polar surface area (TPSA) is 98.6 Å². The average molecular weight is 758 g/mol. The number of benzene rings is 4. The van der Waals surface area contributed by atoms with Crippen LogP contribution in [0, 0.1) is 0 Å². The number of nitrogens with one attached hydrogen (secondary N) is 1. The van der Waals surface area contributed by atoms with Crippen molar-refractivity contribution in [1.29, 1.82) is 0 Å². The van der Waals surface area contributed by atoms with Gasteiger partial charge in [0.05, 0.1) is 31.7 Å². The lowest BCUT2D eigenvalue weighted by Crippen LogP contribution is -2.67. The van der Waals surface area contributed by atoms with Crippen LogP contribution >= 0.6 is 11.1 Å². The molecule has 0 saturated carbocycles. The summed E-state index contributed by atoms with van der Waals surface area (Å²) in [7, 11) is -4.77. The van der Waals surface area contributed by atoms with E-state index in [0.717, 1.165) is 0 Å². The first-order valence-corrected chi connectivity index (χ1v) is 22.3. The Morgan fingerprint density at radius 1 is 0.673 bits per heavy atom. The Kier molecular flexibility index (Phi) is 18.4. The number of rotatable bonds is 10. The van der Waals surface area contributed by atoms with Crippen LogP contribution in [0.15, 0.2) is 165 Å². The Morgan fingerprint density at radius 3 is 1.29 bits per heavy atom. The zero-order valence-electron chi connectivity index (χ0n) is 31.5. The molecule has 6 nitrogen and oxygen atoms in total. The zero-order chi connectivity index (χ0) is 38.7. The predicted octanol–water partition coefficient (Wildman–Crippen LogP) is 6.83. The Bertz CT molecular complexity index is 1570. The van der Waals surface area contributed by atoms with Crippen LogP contribution in [0.3, 0.4) is 0 Å². The van der Waals surface area contributed by atoms with Crippen molar-refractivity contribution in [3.8, 4) is 0 Å². The number of hydrogen-bond donors (Lipinski definition) is 4. The van der Waals surface area contributed by atoms with E-state index in [0.29, 0.717) is 0 Å². The van der Waals surface area contributed by atoms with Crippen molar-refractivity contribution in [2.75, 3.05) is 13.2 Å². The van der Waals surface area contributed by atoms with Gasteiger partial charge in [-0.2, -0.15) is 11.1 Å². The van der Waals surface area contributed by atoms with E-state index in [1.54, 1.807) is 18.7 Å². The first-order chi connectivity index (χ1) is 24.7. The lowest BCUT2D eigenvalue weighted by atomic mass is 10.2. The Balaban J connectivity index is 0.000000283. The maximum absolute atomic E-state index is 9.96. The number of aromatic amines is 1. The van der Waals surface area contributed by atoms with E-state index in [4.69, 9.17) is 25.7 Å². The summed E-state index contributed by atoms with van der Waals surface area (Å²) in [6, 6.07) is 41.9. The summed E-state index contributed by atoms with van der Waals surface area (Å²) < 4.78 is 6.54. The fourth-order valence-electron chi connectivity index (χ4n) is 5.70. The number of hydrogen-bond acceptors (Lipinski definition) is 5. The standard InChI is InChI=1S/C20H26O2Si.C16H19ClSi.C4H8O2.C3H4N2/c1-5-17(21)16-22-23(20(2,3)4,18-12-8-6-9-13-18)19-14-10-7-11-15-19;1-16(2,3)18(17,14-10-6-4-7-11-14)15-12-8-5-9-13-15;1-2-4(6)3-5;1-2-5-3-4-1/h5-15,17,21H,1,16H2,2-4H3;4-13H,1-3H3;2,4-6H,1,3H2;1-3H,(H,4,5)/t17-;;4-;/m1.1./s1. The molecule has 1 aromatic heterocycles. The normalized spacial score (nSPS) is 12.7. The molecule has 52 heavy (non-hydrogen) atoms. The van der Waals surface area contributed by atoms with Crippen molar-refractivity contribution in [3.63, 3.8) is 0 Å². The number of nitrogens with zero attached hydrogens (tertiary/aromatic N) is 1. The van der Waals surface area contributed by atoms with Crippen molar-refractivity contribution in [2.45, 2.75) is 63.8 Å². The molecule has 0 aliphatic carbocycles. The molecule has 0 spiro atoms. The number of halogens is 1. The van der Waals surface area contributed by atoms with E-state index in [-0.39, 0.29) is 23.3 Å². The SMILES string of the molecule is C=C[C@@H](O)CO.C=C[C@@H](O)CO[Si](c1ccccc1)(c1ccccc1)C(C)(C)C.CC(C)(C)[Si](Cl)(c1ccccc1)c1ccccc1.c1c[nH]cn1. The minimum atomic E-state index is -2.54. The molecule has 5 rings (SSSR count). The number of H-pyrrole nitrogens is 1. The van der Waals surface area contributed by atoms with Crippen LogP contribution in [0.2, 0.25) is 10.1 Å². The van der Waals surface area contributed by atoms with Gasteiger partial charge in [-0.15, -0.1) is 13.2 Å². The molecule has 1 heterocycles. The molecular formula is C43H57ClN2O4Si2. The van der Waals surface area contributed by atoms with Gasteiger partial charge >= 0.3 is 0 Å². The Labute approximate surface area is 318 Å². The first kappa shape index (κ1) is 44.3. The summed E-state index contributed by atoms with van der Waals surface area (Å²) in [4.78, 5) is 6.42. The minimum Gasteiger partial charge on any atom is -0.404 e. The first-order valence-electron chi connectivity index (χ1n) is 17.4. The highest BCUT2D eigenvalue weighted by Crippen LogP contribution is 2.38. The van der Waals surface area contributed by atoms with E-state index in [9.17, 15) is 5.11 Å². The van der Waals surface area contributed by atoms with E-state index >= 15 is 0 Å². The second-order valence-corrected chi connectivity index (χ2v) is 24.1. The highest BCUT2D eigenvalue weighted by atomic mass is 35.6. The van der Waals surface area contributed by atoms with Gasteiger partial charge in [0.2, 0.25) is 7.38 Å². The third kappa shape index (κ3) is 12.4. The number of aliphatic hydroxyl groups is 3. The molecule has 0 amide bonds. The summed E-state index contributed by atoms with van der Waals surface area (Å²) >= 11 is 7.21. The fraction of sp³-hybridized carbons (Fsp3) is 0.279. The van der Waals surface area contributed by atoms with Crippen molar-refractivity contribution < 1.29 is 19.7 Å². The van der Waals surface area contributed by atoms with E-state index < -0.39 is 27.9 Å². The lowest BCUT2D eigenvalue weighted by Gasteiger charge is -2.43. The van der Waals surface area contributed by atoms with Gasteiger partial charge in [0.1, 0.15) is 0 Å². The van der Waals surface area contributed by atoms with Crippen LogP contribution in [0.4, 0.5) is 0 Å². The summed E-state index contributed by atoms with van der Waals surface area (Å²) in [5.74, 6) is 0. The third-order valence-electron chi connectivity index (χ3n) is 8.40. The lowest BCUT2D eigenvalue weighted by molar-refractivity contribution is 0.131. The van der Waals surface area contributed by atoms with Gasteiger partial charge < -0.3 is 24.7 Å². The molecule has 4 aromatic carbocycles. The van der Waals surface area contributed by atoms with Crippen molar-refractivity contribution in [1.82, 2.24) is 9.97 Å². The zero-order valence-corrected chi connectivity index (χ0v) is 34.2. The number of aromatic nitrogens is 2. The summed E-state index contributed by atoms with van der Waals surface area (Å²) in [6.45, 7) is 20.3. The van der Waals surface area contributed by atoms with E-state index in [2.05, 4.69) is 162 Å². The van der Waals surface area contributed by atoms with Crippen molar-refractivity contribution >= 4 is 47.5 Å². The maximum atomic E-state index is 9.96. The second kappa shape index (κ2) is 21.6. The molecule has 9 heteroatoms. The van der Waals surface area contributed by atoms with Crippen LogP contribution in [-0.2, 0) is 4.43 Å². The summed E-state index contributed by atoms with van der Waals surface area (Å²) in [6.07, 6.45) is 6.49. The molecule has 5 aromatic rings. The molecule has 0 aliphatic heterocycles. The van der Waals surface area contributed by atoms with Crippen molar-refractivity contribution in [3.05, 3.63) is 165 Å². The van der Waals surface area contributed by atoms with Gasteiger partial charge in [0, 0.05) is 12.4 Å². The van der Waals surface area contributed by atoms with Crippen LogP contribution in [0.5, 0.6) is 0 Å². The van der Waals surface area contributed by atoms with Crippen LogP contribution in [0.1, 0.15) is 41.5 Å². The van der Waals surface area contributed by atoms with Gasteiger partial charge in [0.15, 0.2) is 0 Å². The smallest absolute Gasteiger partial charge is 0.261 e. The quantitative estimate of drug-likeness (QED) is 0.0712. The van der Waals surface area contributed by atoms with Gasteiger partial charge in [-0.1, -0.05) is 175 Å².